The Morgan fingerprint density at radius 1 is 0.702 bits per heavy atom. The molecule has 57 heavy (non-hydrogen) atoms. The van der Waals surface area contributed by atoms with Gasteiger partial charge in [-0.05, 0) is 79.6 Å². The first-order valence-corrected chi connectivity index (χ1v) is 18.5. The van der Waals surface area contributed by atoms with Crippen molar-refractivity contribution >= 4 is 40.3 Å². The van der Waals surface area contributed by atoms with Crippen LogP contribution in [0.3, 0.4) is 0 Å². The fourth-order valence-electron chi connectivity index (χ4n) is 4.90. The SMILES string of the molecule is C=C/C=C\C=C\C(=O)C(CO)c1nc2c(/C=C\C)c([NH-])c([NH-])c(/C=C\C)c2[nH]1.CC.CC.[Ru+2].c1ccc(-c2ccccn2)nc1.c1ccc(-c2ccccn2)nc1. The summed E-state index contributed by atoms with van der Waals surface area (Å²) in [4.78, 5) is 36.9. The average molecular weight is 850 g/mol. The largest absolute Gasteiger partial charge is 2.00 e. The molecule has 0 saturated carbocycles. The number of fused-ring (bicyclic) bond motifs is 1. The van der Waals surface area contributed by atoms with E-state index in [2.05, 4.69) is 36.5 Å². The predicted octanol–water partition coefficient (Wildman–Crippen LogP) is 12.3. The van der Waals surface area contributed by atoms with Crippen molar-refractivity contribution < 1.29 is 29.4 Å². The topological polar surface area (TPSA) is 165 Å². The number of aromatic nitrogens is 6. The van der Waals surface area contributed by atoms with Gasteiger partial charge in [0.2, 0.25) is 0 Å². The second-order valence-corrected chi connectivity index (χ2v) is 10.9. The van der Waals surface area contributed by atoms with Crippen LogP contribution in [0.1, 0.15) is 64.4 Å². The Labute approximate surface area is 350 Å². The van der Waals surface area contributed by atoms with E-state index in [4.69, 9.17) is 11.5 Å². The van der Waals surface area contributed by atoms with E-state index < -0.39 is 12.5 Å². The van der Waals surface area contributed by atoms with Crippen molar-refractivity contribution in [2.45, 2.75) is 47.5 Å². The quantitative estimate of drug-likeness (QED) is 0.0786. The van der Waals surface area contributed by atoms with Gasteiger partial charge in [0, 0.05) is 24.8 Å². The molecule has 0 aliphatic heterocycles. The van der Waals surface area contributed by atoms with E-state index in [9.17, 15) is 9.90 Å². The molecule has 0 aliphatic rings. The molecular weight excluding hydrogens is 798 g/mol. The first-order valence-electron chi connectivity index (χ1n) is 18.5. The van der Waals surface area contributed by atoms with Gasteiger partial charge in [-0.15, -0.1) is 11.4 Å². The third-order valence-corrected chi connectivity index (χ3v) is 7.36. The van der Waals surface area contributed by atoms with E-state index in [1.54, 1.807) is 73.4 Å². The zero-order valence-electron chi connectivity index (χ0n) is 33.4. The maximum Gasteiger partial charge on any atom is 2.00 e. The van der Waals surface area contributed by atoms with E-state index in [0.29, 0.717) is 28.0 Å². The van der Waals surface area contributed by atoms with Crippen LogP contribution >= 0.6 is 0 Å². The number of hydrogen-bond acceptors (Lipinski definition) is 7. The van der Waals surface area contributed by atoms with Crippen molar-refractivity contribution in [2.75, 3.05) is 6.61 Å². The first-order chi connectivity index (χ1) is 27.4. The third kappa shape index (κ3) is 14.8. The van der Waals surface area contributed by atoms with Gasteiger partial charge in [-0.2, -0.15) is 0 Å². The van der Waals surface area contributed by atoms with Gasteiger partial charge in [-0.25, -0.2) is 4.98 Å². The number of aromatic amines is 1. The molecule has 0 aliphatic carbocycles. The Hall–Kier alpha value is -6.16. The van der Waals surface area contributed by atoms with Crippen LogP contribution in [0.4, 0.5) is 11.4 Å². The Bertz CT molecular complexity index is 1950. The molecule has 6 aromatic rings. The van der Waals surface area contributed by atoms with Crippen LogP contribution in [0.15, 0.2) is 147 Å². The average Bonchev–Trinajstić information content (AvgIpc) is 3.70. The second kappa shape index (κ2) is 28.3. The minimum Gasteiger partial charge on any atom is -0.699 e. The van der Waals surface area contributed by atoms with Crippen LogP contribution < -0.4 is 0 Å². The zero-order valence-corrected chi connectivity index (χ0v) is 35.1. The van der Waals surface area contributed by atoms with E-state index in [0.717, 1.165) is 22.8 Å². The molecule has 0 amide bonds. The fourth-order valence-corrected chi connectivity index (χ4v) is 4.90. The van der Waals surface area contributed by atoms with Gasteiger partial charge in [-0.3, -0.25) is 24.7 Å². The number of benzene rings is 1. The van der Waals surface area contributed by atoms with Crippen molar-refractivity contribution in [3.63, 3.8) is 0 Å². The van der Waals surface area contributed by atoms with E-state index in [1.807, 2.05) is 114 Å². The Morgan fingerprint density at radius 2 is 1.12 bits per heavy atom. The zero-order chi connectivity index (χ0) is 41.1. The molecule has 10 nitrogen and oxygen atoms in total. The van der Waals surface area contributed by atoms with Crippen molar-refractivity contribution in [3.8, 4) is 22.8 Å². The molecule has 11 heteroatoms. The number of allylic oxidation sites excluding steroid dienone is 7. The molecule has 1 aromatic carbocycles. The molecule has 0 bridgehead atoms. The number of aliphatic hydroxyl groups excluding tert-OH is 1. The summed E-state index contributed by atoms with van der Waals surface area (Å²) in [5, 5.41) is 9.78. The molecule has 5 heterocycles. The van der Waals surface area contributed by atoms with Gasteiger partial charge in [0.15, 0.2) is 5.78 Å². The number of nitrogens with one attached hydrogen (secondary N) is 3. The number of carbonyl (C=O) groups is 1. The maximum absolute atomic E-state index is 12.5. The molecule has 0 spiro atoms. The van der Waals surface area contributed by atoms with Gasteiger partial charge < -0.3 is 21.6 Å². The van der Waals surface area contributed by atoms with Gasteiger partial charge in [0.05, 0.1) is 40.4 Å². The fraction of sp³-hybridized carbons (Fsp3) is 0.174. The Kier molecular flexibility index (Phi) is 24.2. The second-order valence-electron chi connectivity index (χ2n) is 10.9. The summed E-state index contributed by atoms with van der Waals surface area (Å²) in [5.41, 5.74) is 22.5. The number of nitrogens with zero attached hydrogens (tertiary/aromatic N) is 5. The third-order valence-electron chi connectivity index (χ3n) is 7.36. The summed E-state index contributed by atoms with van der Waals surface area (Å²) in [6.45, 7) is 14.8. The molecule has 296 valence electrons. The standard InChI is InChI=1S/C22H24N4O2.2C10H8N2.2C2H6.Ru/c1-4-7-8-9-12-17(28)16(13-27)22-25-20-14(10-5-2)18(23)19(24)15(11-6-3)21(20)26-22;2*1-3-7-11-9(5-1)10-6-2-4-8-12-10;2*1-2;/h4-12,16,23-24,27H,1,13H2,2-3H3,(H,25,26);2*1-8H;2*1-2H3;/q-2;;;;;+2/b8-7-,10-5-,11-6-,12-9+;;;;;. The number of H-pyrrole nitrogens is 1. The molecule has 0 fully saturated rings. The normalized spacial score (nSPS) is 10.9. The molecule has 1 unspecified atom stereocenters. The van der Waals surface area contributed by atoms with Crippen LogP contribution in [0.5, 0.6) is 0 Å². The number of ketones is 1. The maximum atomic E-state index is 12.5. The molecule has 1 atom stereocenters. The molecule has 5 aromatic heterocycles. The van der Waals surface area contributed by atoms with Gasteiger partial charge in [-0.1, -0.05) is 107 Å². The first kappa shape index (κ1) is 48.9. The van der Waals surface area contributed by atoms with Crippen LogP contribution in [0, 0.1) is 0 Å². The van der Waals surface area contributed by atoms with Crippen molar-refractivity contribution in [1.29, 1.82) is 0 Å². The van der Waals surface area contributed by atoms with Gasteiger partial charge in [0.25, 0.3) is 0 Å². The monoisotopic (exact) mass is 850 g/mol. The van der Waals surface area contributed by atoms with Crippen LogP contribution in [-0.4, -0.2) is 47.4 Å². The smallest absolute Gasteiger partial charge is 0.699 e. The van der Waals surface area contributed by atoms with E-state index in [-0.39, 0.29) is 36.6 Å². The van der Waals surface area contributed by atoms with E-state index >= 15 is 0 Å². The van der Waals surface area contributed by atoms with Crippen LogP contribution in [0.25, 0.3) is 57.4 Å². The molecule has 0 saturated heterocycles. The number of aliphatic hydroxyl groups is 1. The van der Waals surface area contributed by atoms with Crippen molar-refractivity contribution in [2.24, 2.45) is 0 Å². The van der Waals surface area contributed by atoms with Crippen molar-refractivity contribution in [3.05, 3.63) is 175 Å². The molecule has 0 radical (unpaired) electrons. The summed E-state index contributed by atoms with van der Waals surface area (Å²) >= 11 is 0. The summed E-state index contributed by atoms with van der Waals surface area (Å²) in [6.07, 6.45) is 22.0. The van der Waals surface area contributed by atoms with Gasteiger partial charge in [0.1, 0.15) is 11.7 Å². The van der Waals surface area contributed by atoms with Crippen LogP contribution in [-0.2, 0) is 24.3 Å². The summed E-state index contributed by atoms with van der Waals surface area (Å²) < 4.78 is 0. The summed E-state index contributed by atoms with van der Waals surface area (Å²) in [7, 11) is 0. The molecular formula is C46H52N8O2Ru. The predicted molar refractivity (Wildman–Crippen MR) is 234 cm³/mol. The van der Waals surface area contributed by atoms with Crippen LogP contribution in [0.2, 0.25) is 0 Å². The number of carbonyl (C=O) groups excluding carboxylic acids is 1. The number of rotatable bonds is 10. The Balaban J connectivity index is 0.000000460. The number of hydrogen-bond donors (Lipinski definition) is 2. The Morgan fingerprint density at radius 3 is 1.49 bits per heavy atom. The van der Waals surface area contributed by atoms with E-state index in [1.165, 1.54) is 6.08 Å². The summed E-state index contributed by atoms with van der Waals surface area (Å²) in [5.74, 6) is -0.852. The minimum atomic E-state index is -0.860. The number of pyridine rings is 4. The minimum absolute atomic E-state index is 0. The summed E-state index contributed by atoms with van der Waals surface area (Å²) in [6, 6.07) is 23.2. The molecule has 6 rings (SSSR count). The van der Waals surface area contributed by atoms with Crippen molar-refractivity contribution in [1.82, 2.24) is 29.9 Å². The number of imidazole rings is 1. The molecule has 4 N–H and O–H groups in total. The van der Waals surface area contributed by atoms with Gasteiger partial charge >= 0.3 is 19.5 Å².